The quantitative estimate of drug-likeness (QED) is 0.481. The van der Waals surface area contributed by atoms with Gasteiger partial charge in [-0.15, -0.1) is 0 Å². The summed E-state index contributed by atoms with van der Waals surface area (Å²) in [4.78, 5) is 15.4. The molecule has 1 aliphatic rings. The highest BCUT2D eigenvalue weighted by atomic mass is 35.5. The lowest BCUT2D eigenvalue weighted by Crippen LogP contribution is -2.02. The molecule has 0 radical (unpaired) electrons. The van der Waals surface area contributed by atoms with Gasteiger partial charge in [0.1, 0.15) is 24.0 Å². The van der Waals surface area contributed by atoms with Crippen LogP contribution in [0.4, 0.5) is 8.78 Å². The molecule has 0 atom stereocenters. The fraction of sp³-hybridized carbons (Fsp3) is 0.167. The minimum atomic E-state index is -1.04. The molecule has 0 aliphatic heterocycles. The third-order valence-electron chi connectivity index (χ3n) is 5.22. The molecule has 0 saturated heterocycles. The molecule has 1 heterocycles. The smallest absolute Gasteiger partial charge is 0.337 e. The van der Waals surface area contributed by atoms with Crippen molar-refractivity contribution < 1.29 is 23.4 Å². The van der Waals surface area contributed by atoms with Gasteiger partial charge in [-0.2, -0.15) is 0 Å². The number of aromatic carboxylic acids is 1. The van der Waals surface area contributed by atoms with E-state index in [0.29, 0.717) is 10.8 Å². The van der Waals surface area contributed by atoms with E-state index in [0.717, 1.165) is 47.6 Å². The average molecular weight is 442 g/mol. The van der Waals surface area contributed by atoms with Crippen LogP contribution in [0.2, 0.25) is 5.02 Å². The number of hydrogen-bond donors (Lipinski definition) is 1. The maximum absolute atomic E-state index is 14.0. The summed E-state index contributed by atoms with van der Waals surface area (Å²) >= 11 is 6.25. The number of pyridine rings is 1. The maximum atomic E-state index is 14.0. The Bertz CT molecular complexity index is 1190. The Morgan fingerprint density at radius 1 is 1.06 bits per heavy atom. The van der Waals surface area contributed by atoms with Gasteiger partial charge in [0, 0.05) is 34.6 Å². The molecule has 0 bridgehead atoms. The van der Waals surface area contributed by atoms with Gasteiger partial charge in [-0.3, -0.25) is 4.98 Å². The van der Waals surface area contributed by atoms with Crippen LogP contribution in [0, 0.1) is 11.6 Å². The van der Waals surface area contributed by atoms with Crippen LogP contribution in [-0.2, 0) is 6.61 Å². The van der Waals surface area contributed by atoms with Crippen molar-refractivity contribution in [2.45, 2.75) is 25.9 Å². The van der Waals surface area contributed by atoms with E-state index < -0.39 is 17.6 Å². The average Bonchev–Trinajstić information content (AvgIpc) is 3.23. The largest absolute Gasteiger partial charge is 0.488 e. The monoisotopic (exact) mass is 441 g/mol. The molecule has 0 amide bonds. The molecule has 0 fully saturated rings. The van der Waals surface area contributed by atoms with Gasteiger partial charge >= 0.3 is 5.97 Å². The summed E-state index contributed by atoms with van der Waals surface area (Å²) in [5.74, 6) is -1.84. The number of carbonyl (C=O) groups is 1. The number of hydrogen-bond acceptors (Lipinski definition) is 3. The molecule has 3 aromatic rings. The first kappa shape index (κ1) is 21.0. The summed E-state index contributed by atoms with van der Waals surface area (Å²) in [5, 5.41) is 9.81. The normalized spacial score (nSPS) is 13.5. The fourth-order valence-corrected chi connectivity index (χ4v) is 3.91. The van der Waals surface area contributed by atoms with E-state index in [-0.39, 0.29) is 17.7 Å². The molecule has 1 N–H and O–H groups in total. The minimum Gasteiger partial charge on any atom is -0.488 e. The number of carboxylic acids is 1. The molecule has 4 nitrogen and oxygen atoms in total. The topological polar surface area (TPSA) is 59.4 Å². The van der Waals surface area contributed by atoms with Crippen LogP contribution in [0.15, 0.2) is 54.9 Å². The first-order valence-corrected chi connectivity index (χ1v) is 10.1. The van der Waals surface area contributed by atoms with Gasteiger partial charge in [-0.05, 0) is 72.4 Å². The Morgan fingerprint density at radius 3 is 2.65 bits per heavy atom. The molecule has 4 rings (SSSR count). The summed E-state index contributed by atoms with van der Waals surface area (Å²) in [7, 11) is 0. The number of halogens is 3. The number of nitrogens with zero attached hydrogens (tertiary/aromatic N) is 1. The summed E-state index contributed by atoms with van der Waals surface area (Å²) in [6.45, 7) is -0.0700. The van der Waals surface area contributed by atoms with Crippen LogP contribution in [0.3, 0.4) is 0 Å². The van der Waals surface area contributed by atoms with Crippen LogP contribution in [0.5, 0.6) is 5.75 Å². The van der Waals surface area contributed by atoms with E-state index in [1.807, 2.05) is 0 Å². The molecule has 0 unspecified atom stereocenters. The molecule has 0 saturated carbocycles. The Labute approximate surface area is 182 Å². The molecule has 1 aromatic heterocycles. The van der Waals surface area contributed by atoms with Crippen molar-refractivity contribution in [3.05, 3.63) is 93.8 Å². The van der Waals surface area contributed by atoms with Crippen molar-refractivity contribution in [1.82, 2.24) is 4.98 Å². The maximum Gasteiger partial charge on any atom is 0.337 e. The van der Waals surface area contributed by atoms with Crippen molar-refractivity contribution in [1.29, 1.82) is 0 Å². The first-order chi connectivity index (χ1) is 14.9. The third kappa shape index (κ3) is 4.59. The molecule has 2 aromatic carbocycles. The lowest BCUT2D eigenvalue weighted by molar-refractivity contribution is 0.0696. The van der Waals surface area contributed by atoms with E-state index in [1.165, 1.54) is 18.3 Å². The summed E-state index contributed by atoms with van der Waals surface area (Å²) in [6, 6.07) is 10.1. The van der Waals surface area contributed by atoms with Crippen LogP contribution in [-0.4, -0.2) is 16.1 Å². The van der Waals surface area contributed by atoms with Gasteiger partial charge in [0.25, 0.3) is 0 Å². The highest BCUT2D eigenvalue weighted by molar-refractivity contribution is 6.30. The number of carboxylic acid groups (broad SMARTS) is 1. The highest BCUT2D eigenvalue weighted by Crippen LogP contribution is 2.43. The van der Waals surface area contributed by atoms with Gasteiger partial charge in [0.05, 0.1) is 5.56 Å². The Hall–Kier alpha value is -3.25. The Kier molecular flexibility index (Phi) is 6.00. The van der Waals surface area contributed by atoms with Crippen LogP contribution in [0.25, 0.3) is 11.1 Å². The number of aromatic nitrogens is 1. The second-order valence-corrected chi connectivity index (χ2v) is 7.68. The Balaban J connectivity index is 1.71. The van der Waals surface area contributed by atoms with Crippen molar-refractivity contribution in [3.8, 4) is 5.75 Å². The van der Waals surface area contributed by atoms with Crippen LogP contribution >= 0.6 is 11.6 Å². The van der Waals surface area contributed by atoms with Crippen molar-refractivity contribution in [2.24, 2.45) is 0 Å². The number of rotatable bonds is 6. The zero-order chi connectivity index (χ0) is 22.0. The zero-order valence-electron chi connectivity index (χ0n) is 16.4. The molecular weight excluding hydrogens is 424 g/mol. The van der Waals surface area contributed by atoms with E-state index in [2.05, 4.69) is 4.98 Å². The SMILES string of the molecule is O=C(O)c1cncc(C2=C(c3cc(Cl)ccc3OCc3ccc(F)cc3F)CCC2)c1. The third-order valence-corrected chi connectivity index (χ3v) is 5.45. The fourth-order valence-electron chi connectivity index (χ4n) is 3.74. The predicted molar refractivity (Wildman–Crippen MR) is 114 cm³/mol. The van der Waals surface area contributed by atoms with Gasteiger partial charge in [0.15, 0.2) is 0 Å². The minimum absolute atomic E-state index is 0.0700. The van der Waals surface area contributed by atoms with Crippen molar-refractivity contribution >= 4 is 28.7 Å². The second-order valence-electron chi connectivity index (χ2n) is 7.24. The summed E-state index contributed by atoms with van der Waals surface area (Å²) < 4.78 is 33.1. The van der Waals surface area contributed by atoms with Crippen LogP contribution < -0.4 is 4.74 Å². The van der Waals surface area contributed by atoms with Gasteiger partial charge in [-0.1, -0.05) is 11.6 Å². The predicted octanol–water partition coefficient (Wildman–Crippen LogP) is 6.39. The lowest BCUT2D eigenvalue weighted by atomic mass is 9.96. The van der Waals surface area contributed by atoms with E-state index in [9.17, 15) is 18.7 Å². The zero-order valence-corrected chi connectivity index (χ0v) is 17.1. The van der Waals surface area contributed by atoms with E-state index in [4.69, 9.17) is 16.3 Å². The molecular formula is C24H18ClF2NO3. The van der Waals surface area contributed by atoms with Crippen molar-refractivity contribution in [2.75, 3.05) is 0 Å². The number of ether oxygens (including phenoxy) is 1. The summed E-state index contributed by atoms with van der Waals surface area (Å²) in [6.07, 6.45) is 5.37. The number of allylic oxidation sites excluding steroid dienone is 2. The molecule has 158 valence electrons. The van der Waals surface area contributed by atoms with Gasteiger partial charge < -0.3 is 9.84 Å². The Morgan fingerprint density at radius 2 is 1.87 bits per heavy atom. The van der Waals surface area contributed by atoms with Gasteiger partial charge in [-0.25, -0.2) is 13.6 Å². The standard InChI is InChI=1S/C24H18ClF2NO3/c25-17-5-7-23(31-13-14-4-6-18(26)10-22(14)27)21(9-17)20-3-1-2-19(20)15-8-16(24(29)30)12-28-11-15/h4-12H,1-3,13H2,(H,29,30). The second kappa shape index (κ2) is 8.86. The van der Waals surface area contributed by atoms with Gasteiger partial charge in [0.2, 0.25) is 0 Å². The van der Waals surface area contributed by atoms with Crippen LogP contribution in [0.1, 0.15) is 46.3 Å². The molecule has 0 spiro atoms. The molecule has 1 aliphatic carbocycles. The molecule has 31 heavy (non-hydrogen) atoms. The number of benzene rings is 2. The first-order valence-electron chi connectivity index (χ1n) is 9.70. The summed E-state index contributed by atoms with van der Waals surface area (Å²) in [5.41, 5.74) is 3.83. The van der Waals surface area contributed by atoms with E-state index in [1.54, 1.807) is 30.5 Å². The molecule has 7 heteroatoms. The van der Waals surface area contributed by atoms with E-state index >= 15 is 0 Å². The highest BCUT2D eigenvalue weighted by Gasteiger charge is 2.22. The lowest BCUT2D eigenvalue weighted by Gasteiger charge is -2.15. The van der Waals surface area contributed by atoms with Crippen molar-refractivity contribution in [3.63, 3.8) is 0 Å².